The van der Waals surface area contributed by atoms with Gasteiger partial charge in [0.2, 0.25) is 11.7 Å². The molecule has 0 aromatic heterocycles. The van der Waals surface area contributed by atoms with Crippen LogP contribution in [-0.2, 0) is 33.3 Å². The normalized spacial score (nSPS) is 35.6. The molecule has 1 amide bonds. The predicted octanol–water partition coefficient (Wildman–Crippen LogP) is 1.99. The molecule has 57 heavy (non-hydrogen) atoms. The lowest BCUT2D eigenvalue weighted by molar-refractivity contribution is -0.365. The Balaban J connectivity index is 1.72. The maximum atomic E-state index is 13.8. The SMILES string of the molecule is C/C=C\C=C\[C@@H]1O[C@](O)([C@H](CO[C@H]2C[C@H](O)[C@H](O)[C@H](C)O2)C(=O)NC/C=C/C=C(\C)[C@@H](OC)[C@@H](C)[C@H]2C[C@@H](O)[C@H](/C=C/C=C/C=C/C(=O)O)O2)[C@H](O)[C@H](O)C1(C)C. The Morgan fingerprint density at radius 1 is 0.930 bits per heavy atom. The summed E-state index contributed by atoms with van der Waals surface area (Å²) in [5.74, 6) is -6.17. The molecule has 15 nitrogen and oxygen atoms in total. The molecule has 0 aromatic rings. The van der Waals surface area contributed by atoms with Crippen molar-refractivity contribution in [1.82, 2.24) is 5.32 Å². The van der Waals surface area contributed by atoms with Crippen molar-refractivity contribution in [3.63, 3.8) is 0 Å². The number of amides is 1. The van der Waals surface area contributed by atoms with Gasteiger partial charge in [-0.05, 0) is 26.3 Å². The molecule has 3 saturated heterocycles. The van der Waals surface area contributed by atoms with E-state index in [0.29, 0.717) is 6.42 Å². The van der Waals surface area contributed by atoms with Crippen LogP contribution in [0.4, 0.5) is 0 Å². The minimum Gasteiger partial charge on any atom is -0.478 e. The number of carbonyl (C=O) groups excluding carboxylic acids is 1. The van der Waals surface area contributed by atoms with Gasteiger partial charge in [0.25, 0.3) is 0 Å². The second-order valence-electron chi connectivity index (χ2n) is 15.4. The van der Waals surface area contributed by atoms with E-state index in [9.17, 15) is 40.2 Å². The van der Waals surface area contributed by atoms with E-state index < -0.39 is 90.7 Å². The molecule has 320 valence electrons. The second-order valence-corrected chi connectivity index (χ2v) is 15.4. The fraction of sp³-hybridized carbons (Fsp3) is 0.619. The predicted molar refractivity (Wildman–Crippen MR) is 210 cm³/mol. The van der Waals surface area contributed by atoms with Crippen LogP contribution in [0.25, 0.3) is 0 Å². The number of aliphatic carboxylic acids is 1. The first-order valence-electron chi connectivity index (χ1n) is 19.3. The average Bonchev–Trinajstić information content (AvgIpc) is 3.53. The van der Waals surface area contributed by atoms with Crippen LogP contribution in [-0.4, -0.2) is 141 Å². The van der Waals surface area contributed by atoms with E-state index in [2.05, 4.69) is 5.32 Å². The van der Waals surface area contributed by atoms with Crippen molar-refractivity contribution in [2.45, 2.75) is 128 Å². The monoisotopic (exact) mass is 805 g/mol. The largest absolute Gasteiger partial charge is 0.478 e. The van der Waals surface area contributed by atoms with Gasteiger partial charge in [0.15, 0.2) is 6.29 Å². The third-order valence-corrected chi connectivity index (χ3v) is 10.8. The lowest BCUT2D eigenvalue weighted by Crippen LogP contribution is -2.70. The summed E-state index contributed by atoms with van der Waals surface area (Å²) in [4.78, 5) is 24.4. The number of nitrogens with one attached hydrogen (secondary N) is 1. The zero-order chi connectivity index (χ0) is 42.5. The molecule has 15 heteroatoms. The Morgan fingerprint density at radius 2 is 1.61 bits per heavy atom. The van der Waals surface area contributed by atoms with E-state index in [1.54, 1.807) is 88.6 Å². The molecule has 0 unspecified atom stereocenters. The average molecular weight is 806 g/mol. The number of carboxylic acids is 1. The van der Waals surface area contributed by atoms with Gasteiger partial charge in [0, 0.05) is 43.9 Å². The van der Waals surface area contributed by atoms with Crippen LogP contribution in [0.15, 0.2) is 84.6 Å². The molecule has 3 rings (SSSR count). The third-order valence-electron chi connectivity index (χ3n) is 10.8. The van der Waals surface area contributed by atoms with Gasteiger partial charge in [0.1, 0.15) is 24.2 Å². The van der Waals surface area contributed by atoms with Crippen molar-refractivity contribution in [2.75, 3.05) is 20.3 Å². The van der Waals surface area contributed by atoms with Crippen molar-refractivity contribution in [3.05, 3.63) is 84.6 Å². The summed E-state index contributed by atoms with van der Waals surface area (Å²) >= 11 is 0. The van der Waals surface area contributed by atoms with Crippen LogP contribution < -0.4 is 5.32 Å². The maximum Gasteiger partial charge on any atom is 0.328 e. The first-order valence-corrected chi connectivity index (χ1v) is 19.3. The molecule has 3 heterocycles. The molecule has 0 radical (unpaired) electrons. The number of hydrogen-bond donors (Lipinski definition) is 8. The van der Waals surface area contributed by atoms with Gasteiger partial charge in [-0.1, -0.05) is 93.7 Å². The fourth-order valence-electron chi connectivity index (χ4n) is 7.14. The van der Waals surface area contributed by atoms with Crippen molar-refractivity contribution >= 4 is 11.9 Å². The summed E-state index contributed by atoms with van der Waals surface area (Å²) in [6.45, 7) is 10.0. The number of ether oxygens (including phenoxy) is 5. The highest BCUT2D eigenvalue weighted by Crippen LogP contribution is 2.44. The summed E-state index contributed by atoms with van der Waals surface area (Å²) in [6, 6.07) is 0. The smallest absolute Gasteiger partial charge is 0.328 e. The van der Waals surface area contributed by atoms with Crippen molar-refractivity contribution in [1.29, 1.82) is 0 Å². The van der Waals surface area contributed by atoms with Crippen molar-refractivity contribution in [2.24, 2.45) is 17.3 Å². The zero-order valence-corrected chi connectivity index (χ0v) is 33.8. The first-order chi connectivity index (χ1) is 26.9. The maximum absolute atomic E-state index is 13.8. The van der Waals surface area contributed by atoms with Crippen molar-refractivity contribution in [3.8, 4) is 0 Å². The molecule has 0 saturated carbocycles. The van der Waals surface area contributed by atoms with Crippen LogP contribution in [0.1, 0.15) is 54.4 Å². The van der Waals surface area contributed by atoms with Gasteiger partial charge in [-0.25, -0.2) is 4.79 Å². The molecule has 8 N–H and O–H groups in total. The Bertz CT molecular complexity index is 1510. The van der Waals surface area contributed by atoms with Crippen molar-refractivity contribution < 1.29 is 69.0 Å². The van der Waals surface area contributed by atoms with E-state index in [1.807, 2.05) is 26.8 Å². The van der Waals surface area contributed by atoms with Gasteiger partial charge < -0.3 is 64.7 Å². The number of hydrogen-bond acceptors (Lipinski definition) is 13. The summed E-state index contributed by atoms with van der Waals surface area (Å²) in [5, 5.41) is 76.9. The zero-order valence-electron chi connectivity index (χ0n) is 33.8. The second kappa shape index (κ2) is 22.2. The topological polar surface area (TPSA) is 234 Å². The number of rotatable bonds is 18. The Labute approximate surface area is 335 Å². The van der Waals surface area contributed by atoms with Gasteiger partial charge in [0.05, 0.1) is 49.3 Å². The Hall–Kier alpha value is -3.32. The third kappa shape index (κ3) is 12.8. The molecular formula is C42H63NO14. The van der Waals surface area contributed by atoms with Crippen LogP contribution in [0.2, 0.25) is 0 Å². The van der Waals surface area contributed by atoms with Gasteiger partial charge >= 0.3 is 5.97 Å². The summed E-state index contributed by atoms with van der Waals surface area (Å²) in [6.07, 6.45) is 10.8. The van der Waals surface area contributed by atoms with E-state index in [-0.39, 0.29) is 31.1 Å². The molecule has 0 aliphatic carbocycles. The molecule has 0 spiro atoms. The summed E-state index contributed by atoms with van der Waals surface area (Å²) < 4.78 is 29.5. The fourth-order valence-corrected chi connectivity index (χ4v) is 7.14. The summed E-state index contributed by atoms with van der Waals surface area (Å²) in [7, 11) is 1.58. The molecule has 3 fully saturated rings. The highest BCUT2D eigenvalue weighted by Gasteiger charge is 2.61. The van der Waals surface area contributed by atoms with E-state index in [1.165, 1.54) is 6.08 Å². The van der Waals surface area contributed by atoms with E-state index in [0.717, 1.165) is 11.6 Å². The molecular weight excluding hydrogens is 742 g/mol. The lowest BCUT2D eigenvalue weighted by Gasteiger charge is -2.53. The summed E-state index contributed by atoms with van der Waals surface area (Å²) in [5.41, 5.74) is -0.221. The van der Waals surface area contributed by atoms with Crippen LogP contribution in [0.3, 0.4) is 0 Å². The van der Waals surface area contributed by atoms with E-state index in [4.69, 9.17) is 28.8 Å². The van der Waals surface area contributed by atoms with Crippen LogP contribution >= 0.6 is 0 Å². The molecule has 0 aromatic carbocycles. The quantitative estimate of drug-likeness (QED) is 0.0732. The highest BCUT2D eigenvalue weighted by atomic mass is 16.7. The van der Waals surface area contributed by atoms with Gasteiger partial charge in [-0.3, -0.25) is 4.79 Å². The van der Waals surface area contributed by atoms with Gasteiger partial charge in [-0.15, -0.1) is 0 Å². The number of allylic oxidation sites excluding steroid dienone is 9. The minimum absolute atomic E-state index is 0.00841. The number of carboxylic acid groups (broad SMARTS) is 1. The first kappa shape index (κ1) is 48.1. The Kier molecular flexibility index (Phi) is 18.7. The number of carbonyl (C=O) groups is 2. The van der Waals surface area contributed by atoms with E-state index >= 15 is 0 Å². The number of aliphatic hydroxyl groups excluding tert-OH is 5. The number of methoxy groups -OCH3 is 1. The Morgan fingerprint density at radius 3 is 2.26 bits per heavy atom. The van der Waals surface area contributed by atoms with Crippen LogP contribution in [0.5, 0.6) is 0 Å². The van der Waals surface area contributed by atoms with Crippen LogP contribution in [0, 0.1) is 17.3 Å². The highest BCUT2D eigenvalue weighted by molar-refractivity contribution is 5.80. The molecule has 14 atom stereocenters. The standard InChI is InChI=1S/C42H63NO14/c1-8-9-12-19-33-41(5,6)38(49)39(50)42(52,57-33)28(24-54-35-23-30(45)36(48)27(4)55-35)40(51)43-21-16-15-17-25(2)37(53-7)26(3)32-22-29(44)31(56-32)18-13-10-11-14-20-34(46)47/h8-20,26-33,35-39,44-45,48-50,52H,21-24H2,1-7H3,(H,43,51)(H,46,47)/b9-8-,11-10+,16-15+,18-13+,19-12+,20-14+,25-17+/t26-,27-,28+,29+,30-,31-,32+,33-,35+,36+,37+,38-,39+,42+/m0/s1. The lowest BCUT2D eigenvalue weighted by atomic mass is 9.71. The number of aliphatic hydroxyl groups is 6. The molecule has 0 bridgehead atoms. The van der Waals surface area contributed by atoms with Gasteiger partial charge in [-0.2, -0.15) is 0 Å². The molecule has 3 aliphatic rings. The molecule has 3 aliphatic heterocycles. The minimum atomic E-state index is -2.62.